The van der Waals surface area contributed by atoms with Crippen LogP contribution in [0.3, 0.4) is 0 Å². The fourth-order valence-corrected chi connectivity index (χ4v) is 3.56. The molecule has 4 heterocycles. The van der Waals surface area contributed by atoms with Gasteiger partial charge < -0.3 is 19.0 Å². The van der Waals surface area contributed by atoms with Gasteiger partial charge >= 0.3 is 0 Å². The zero-order chi connectivity index (χ0) is 18.9. The average Bonchev–Trinajstić information content (AvgIpc) is 3.33. The van der Waals surface area contributed by atoms with Crippen molar-refractivity contribution >= 4 is 28.1 Å². The van der Waals surface area contributed by atoms with E-state index in [2.05, 4.69) is 20.2 Å². The second kappa shape index (κ2) is 7.21. The fraction of sp³-hybridized carbons (Fsp3) is 0.350. The zero-order valence-electron chi connectivity index (χ0n) is 15.8. The van der Waals surface area contributed by atoms with E-state index in [0.29, 0.717) is 11.6 Å². The highest BCUT2D eigenvalue weighted by molar-refractivity contribution is 6.03. The van der Waals surface area contributed by atoms with Crippen molar-refractivity contribution in [1.82, 2.24) is 24.4 Å². The Hall–Kier alpha value is -2.97. The summed E-state index contributed by atoms with van der Waals surface area (Å²) in [6.07, 6.45) is 1.79. The SMILES string of the molecule is Cn1cnc2c(NCCN3CCOCC3)nc3oc(-c4ccccc4)nc3c21. The summed E-state index contributed by atoms with van der Waals surface area (Å²) in [4.78, 5) is 16.3. The molecule has 0 aliphatic carbocycles. The Kier molecular flexibility index (Phi) is 4.42. The van der Waals surface area contributed by atoms with Crippen molar-refractivity contribution in [3.05, 3.63) is 36.7 Å². The Morgan fingerprint density at radius 3 is 2.71 bits per heavy atom. The monoisotopic (exact) mass is 378 g/mol. The number of fused-ring (bicyclic) bond motifs is 3. The van der Waals surface area contributed by atoms with Crippen LogP contribution in [0.1, 0.15) is 0 Å². The standard InChI is InChI=1S/C20H22N6O2/c1-25-13-22-15-17(25)16-20(28-19(23-16)14-5-3-2-4-6-14)24-18(15)21-7-8-26-9-11-27-12-10-26/h2-6,13H,7-12H2,1H3,(H,21,24). The van der Waals surface area contributed by atoms with Crippen LogP contribution < -0.4 is 5.32 Å². The van der Waals surface area contributed by atoms with Crippen molar-refractivity contribution in [2.75, 3.05) is 44.7 Å². The Balaban J connectivity index is 1.48. The molecule has 1 aliphatic heterocycles. The minimum Gasteiger partial charge on any atom is -0.418 e. The molecule has 0 radical (unpaired) electrons. The lowest BCUT2D eigenvalue weighted by Crippen LogP contribution is -2.39. The average molecular weight is 378 g/mol. The number of benzene rings is 1. The second-order valence-electron chi connectivity index (χ2n) is 6.93. The van der Waals surface area contributed by atoms with Crippen LogP contribution in [0.5, 0.6) is 0 Å². The maximum absolute atomic E-state index is 5.99. The van der Waals surface area contributed by atoms with Gasteiger partial charge in [0.05, 0.1) is 19.5 Å². The minimum absolute atomic E-state index is 0.517. The predicted octanol–water partition coefficient (Wildman–Crippen LogP) is 2.52. The number of nitrogens with one attached hydrogen (secondary N) is 1. The van der Waals surface area contributed by atoms with Crippen LogP contribution in [0.25, 0.3) is 33.7 Å². The molecule has 144 valence electrons. The maximum Gasteiger partial charge on any atom is 0.251 e. The van der Waals surface area contributed by atoms with Crippen molar-refractivity contribution in [3.8, 4) is 11.5 Å². The summed E-state index contributed by atoms with van der Waals surface area (Å²) >= 11 is 0. The lowest BCUT2D eigenvalue weighted by molar-refractivity contribution is 0.0398. The van der Waals surface area contributed by atoms with E-state index < -0.39 is 0 Å². The smallest absolute Gasteiger partial charge is 0.251 e. The Morgan fingerprint density at radius 2 is 1.89 bits per heavy atom. The number of pyridine rings is 1. The molecule has 0 saturated carbocycles. The number of aryl methyl sites for hydroxylation is 1. The molecule has 8 heteroatoms. The van der Waals surface area contributed by atoms with Crippen LogP contribution in [0.15, 0.2) is 41.1 Å². The highest BCUT2D eigenvalue weighted by Gasteiger charge is 2.19. The van der Waals surface area contributed by atoms with E-state index in [1.807, 2.05) is 41.9 Å². The second-order valence-corrected chi connectivity index (χ2v) is 6.93. The van der Waals surface area contributed by atoms with Crippen LogP contribution in [0.4, 0.5) is 5.82 Å². The summed E-state index contributed by atoms with van der Waals surface area (Å²) < 4.78 is 13.4. The predicted molar refractivity (Wildman–Crippen MR) is 107 cm³/mol. The summed E-state index contributed by atoms with van der Waals surface area (Å²) in [5, 5.41) is 3.43. The van der Waals surface area contributed by atoms with E-state index in [-0.39, 0.29) is 0 Å². The first-order valence-corrected chi connectivity index (χ1v) is 9.50. The summed E-state index contributed by atoms with van der Waals surface area (Å²) in [6.45, 7) is 5.25. The molecule has 0 amide bonds. The molecule has 8 nitrogen and oxygen atoms in total. The quantitative estimate of drug-likeness (QED) is 0.571. The van der Waals surface area contributed by atoms with Crippen LogP contribution in [0.2, 0.25) is 0 Å². The largest absolute Gasteiger partial charge is 0.418 e. The van der Waals surface area contributed by atoms with E-state index >= 15 is 0 Å². The Labute approximate surface area is 162 Å². The maximum atomic E-state index is 5.99. The summed E-state index contributed by atoms with van der Waals surface area (Å²) in [6, 6.07) is 9.87. The van der Waals surface area contributed by atoms with Gasteiger partial charge in [-0.1, -0.05) is 18.2 Å². The number of hydrogen-bond donors (Lipinski definition) is 1. The van der Waals surface area contributed by atoms with Gasteiger partial charge in [0.15, 0.2) is 11.3 Å². The first kappa shape index (κ1) is 17.2. The molecule has 5 rings (SSSR count). The number of aromatic nitrogens is 4. The number of anilines is 1. The summed E-state index contributed by atoms with van der Waals surface area (Å²) in [7, 11) is 1.96. The Bertz CT molecular complexity index is 1100. The number of rotatable bonds is 5. The lowest BCUT2D eigenvalue weighted by Gasteiger charge is -2.26. The summed E-state index contributed by atoms with van der Waals surface area (Å²) in [5.74, 6) is 1.29. The molecule has 1 saturated heterocycles. The van der Waals surface area contributed by atoms with Crippen LogP contribution >= 0.6 is 0 Å². The van der Waals surface area contributed by atoms with Gasteiger partial charge in [-0.15, -0.1) is 0 Å². The van der Waals surface area contributed by atoms with Gasteiger partial charge in [-0.3, -0.25) is 4.90 Å². The van der Waals surface area contributed by atoms with Gasteiger partial charge in [0.25, 0.3) is 5.71 Å². The number of ether oxygens (including phenoxy) is 1. The lowest BCUT2D eigenvalue weighted by atomic mass is 10.2. The molecule has 0 spiro atoms. The van der Waals surface area contributed by atoms with Crippen molar-refractivity contribution in [3.63, 3.8) is 0 Å². The highest BCUT2D eigenvalue weighted by Crippen LogP contribution is 2.31. The first-order valence-electron chi connectivity index (χ1n) is 9.50. The molecule has 1 aliphatic rings. The molecule has 1 N–H and O–H groups in total. The third kappa shape index (κ3) is 3.10. The van der Waals surface area contributed by atoms with Gasteiger partial charge in [-0.25, -0.2) is 9.97 Å². The molecule has 4 aromatic rings. The van der Waals surface area contributed by atoms with Gasteiger partial charge in [-0.2, -0.15) is 4.98 Å². The minimum atomic E-state index is 0.517. The number of nitrogens with zero attached hydrogens (tertiary/aromatic N) is 5. The number of hydrogen-bond acceptors (Lipinski definition) is 7. The normalized spacial score (nSPS) is 15.5. The molecule has 1 fully saturated rings. The molecular formula is C20H22N6O2. The van der Waals surface area contributed by atoms with Gasteiger partial charge in [0.2, 0.25) is 5.89 Å². The van der Waals surface area contributed by atoms with E-state index in [0.717, 1.165) is 67.3 Å². The number of morpholine rings is 1. The van der Waals surface area contributed by atoms with Gasteiger partial charge in [0.1, 0.15) is 11.0 Å². The van der Waals surface area contributed by atoms with Crippen molar-refractivity contribution in [2.24, 2.45) is 7.05 Å². The Morgan fingerprint density at radius 1 is 1.07 bits per heavy atom. The van der Waals surface area contributed by atoms with Gasteiger partial charge in [-0.05, 0) is 12.1 Å². The van der Waals surface area contributed by atoms with E-state index in [1.165, 1.54) is 0 Å². The number of oxazole rings is 1. The topological polar surface area (TPSA) is 81.2 Å². The zero-order valence-corrected chi connectivity index (χ0v) is 15.8. The molecule has 0 atom stereocenters. The highest BCUT2D eigenvalue weighted by atomic mass is 16.5. The molecule has 1 aromatic carbocycles. The van der Waals surface area contributed by atoms with Crippen molar-refractivity contribution < 1.29 is 9.15 Å². The molecule has 3 aromatic heterocycles. The van der Waals surface area contributed by atoms with Crippen LogP contribution in [-0.4, -0.2) is 63.8 Å². The van der Waals surface area contributed by atoms with Crippen LogP contribution in [-0.2, 0) is 11.8 Å². The first-order chi connectivity index (χ1) is 13.8. The van der Waals surface area contributed by atoms with E-state index in [9.17, 15) is 0 Å². The number of imidazole rings is 1. The molecular weight excluding hydrogens is 356 g/mol. The third-order valence-corrected chi connectivity index (χ3v) is 5.05. The van der Waals surface area contributed by atoms with Crippen LogP contribution in [0, 0.1) is 0 Å². The van der Waals surface area contributed by atoms with Gasteiger partial charge in [0, 0.05) is 38.8 Å². The van der Waals surface area contributed by atoms with Crippen molar-refractivity contribution in [1.29, 1.82) is 0 Å². The van der Waals surface area contributed by atoms with Crippen molar-refractivity contribution in [2.45, 2.75) is 0 Å². The molecule has 28 heavy (non-hydrogen) atoms. The molecule has 0 bridgehead atoms. The third-order valence-electron chi connectivity index (χ3n) is 5.05. The van der Waals surface area contributed by atoms with E-state index in [4.69, 9.17) is 14.1 Å². The van der Waals surface area contributed by atoms with E-state index in [1.54, 1.807) is 6.33 Å². The fourth-order valence-electron chi connectivity index (χ4n) is 3.56. The molecule has 0 unspecified atom stereocenters. The summed E-state index contributed by atoms with van der Waals surface area (Å²) in [5.41, 5.74) is 3.91.